The van der Waals surface area contributed by atoms with Crippen LogP contribution in [0.1, 0.15) is 32.3 Å². The Morgan fingerprint density at radius 2 is 1.75 bits per heavy atom. The summed E-state index contributed by atoms with van der Waals surface area (Å²) >= 11 is 0. The zero-order valence-corrected chi connectivity index (χ0v) is 19.6. The number of benzene rings is 1. The molecule has 0 radical (unpaired) electrons. The highest BCUT2D eigenvalue weighted by Crippen LogP contribution is 2.22. The van der Waals surface area contributed by atoms with Crippen molar-refractivity contribution in [2.45, 2.75) is 52.7 Å². The van der Waals surface area contributed by atoms with E-state index in [9.17, 15) is 22.8 Å². The van der Waals surface area contributed by atoms with Gasteiger partial charge < -0.3 is 9.72 Å². The predicted molar refractivity (Wildman–Crippen MR) is 126 cm³/mol. The Kier molecular flexibility index (Phi) is 7.00. The average Bonchev–Trinajstić information content (AvgIpc) is 3.47. The fourth-order valence-electron chi connectivity index (χ4n) is 3.68. The number of nitrogens with zero attached hydrogens (tertiary/aromatic N) is 5. The first kappa shape index (κ1) is 24.8. The highest BCUT2D eigenvalue weighted by molar-refractivity contribution is 5.75. The third kappa shape index (κ3) is 5.35. The van der Waals surface area contributed by atoms with Crippen molar-refractivity contribution >= 4 is 11.2 Å². The molecule has 0 bridgehead atoms. The van der Waals surface area contributed by atoms with E-state index in [0.717, 1.165) is 0 Å². The Morgan fingerprint density at radius 1 is 1.06 bits per heavy atom. The van der Waals surface area contributed by atoms with Crippen molar-refractivity contribution in [3.05, 3.63) is 63.1 Å². The van der Waals surface area contributed by atoms with Gasteiger partial charge in [0, 0.05) is 24.8 Å². The second-order valence-electron chi connectivity index (χ2n) is 7.98. The molecule has 188 valence electrons. The SMILES string of the molecule is CCCn1c(=O)c2[nH]c(-c3cnn(CC#Cc4ccc(OC(F)(F)F)cc4)c3)nc2n(CCC)c1=O. The van der Waals surface area contributed by atoms with Gasteiger partial charge in [0.15, 0.2) is 5.65 Å². The molecule has 0 fully saturated rings. The lowest BCUT2D eigenvalue weighted by Gasteiger charge is -2.09. The summed E-state index contributed by atoms with van der Waals surface area (Å²) in [6.45, 7) is 4.80. The molecule has 1 N–H and O–H groups in total. The summed E-state index contributed by atoms with van der Waals surface area (Å²) in [5.41, 5.74) is 0.910. The van der Waals surface area contributed by atoms with Crippen LogP contribution >= 0.6 is 0 Å². The van der Waals surface area contributed by atoms with Crippen molar-refractivity contribution in [2.24, 2.45) is 0 Å². The number of halogens is 3. The molecular formula is C24H23F3N6O3. The number of hydrogen-bond donors (Lipinski definition) is 1. The zero-order chi connectivity index (χ0) is 25.9. The summed E-state index contributed by atoms with van der Waals surface area (Å²) in [4.78, 5) is 33.3. The van der Waals surface area contributed by atoms with E-state index in [0.29, 0.717) is 48.5 Å². The Bertz CT molecular complexity index is 1550. The van der Waals surface area contributed by atoms with Crippen molar-refractivity contribution in [3.8, 4) is 29.0 Å². The van der Waals surface area contributed by atoms with Crippen LogP contribution in [0.2, 0.25) is 0 Å². The molecule has 1 aromatic carbocycles. The zero-order valence-electron chi connectivity index (χ0n) is 19.6. The van der Waals surface area contributed by atoms with E-state index in [1.54, 1.807) is 17.1 Å². The fourth-order valence-corrected chi connectivity index (χ4v) is 3.68. The number of fused-ring (bicyclic) bond motifs is 1. The molecule has 9 nitrogen and oxygen atoms in total. The standard InChI is InChI=1S/C24H23F3N6O3/c1-3-11-32-21-19(22(34)33(12-4-2)23(32)35)29-20(30-21)17-14-28-31(15-17)13-5-6-16-7-9-18(10-8-16)36-24(25,26)27/h7-10,14-15H,3-4,11-13H2,1-2H3,(H,29,30). The van der Waals surface area contributed by atoms with E-state index in [-0.39, 0.29) is 23.5 Å². The molecule has 0 atom stereocenters. The first-order chi connectivity index (χ1) is 17.2. The van der Waals surface area contributed by atoms with Crippen molar-refractivity contribution in [1.82, 2.24) is 28.9 Å². The summed E-state index contributed by atoms with van der Waals surface area (Å²) < 4.78 is 44.9. The molecule has 0 aliphatic carbocycles. The van der Waals surface area contributed by atoms with Crippen molar-refractivity contribution < 1.29 is 17.9 Å². The minimum absolute atomic E-state index is 0.213. The molecule has 3 aromatic heterocycles. The summed E-state index contributed by atoms with van der Waals surface area (Å²) in [6.07, 6.45) is -0.136. The first-order valence-corrected chi connectivity index (χ1v) is 11.3. The normalized spacial score (nSPS) is 11.5. The maximum Gasteiger partial charge on any atom is 0.573 e. The van der Waals surface area contributed by atoms with Crippen LogP contribution in [0.4, 0.5) is 13.2 Å². The Morgan fingerprint density at radius 3 is 2.42 bits per heavy atom. The van der Waals surface area contributed by atoms with Crippen LogP contribution in [0, 0.1) is 11.8 Å². The lowest BCUT2D eigenvalue weighted by atomic mass is 10.2. The van der Waals surface area contributed by atoms with E-state index >= 15 is 0 Å². The van der Waals surface area contributed by atoms with E-state index < -0.39 is 11.9 Å². The minimum atomic E-state index is -4.75. The molecule has 0 spiro atoms. The van der Waals surface area contributed by atoms with Gasteiger partial charge in [0.1, 0.15) is 23.6 Å². The topological polar surface area (TPSA) is 99.7 Å². The molecule has 3 heterocycles. The predicted octanol–water partition coefficient (Wildman–Crippen LogP) is 3.52. The monoisotopic (exact) mass is 500 g/mol. The Hall–Kier alpha value is -4.27. The number of nitrogens with one attached hydrogen (secondary N) is 1. The Labute approximate surface area is 203 Å². The van der Waals surface area contributed by atoms with Gasteiger partial charge in [-0.1, -0.05) is 25.7 Å². The number of alkyl halides is 3. The number of H-pyrrole nitrogens is 1. The maximum atomic E-state index is 12.9. The number of aromatic nitrogens is 6. The minimum Gasteiger partial charge on any atom is -0.406 e. The largest absolute Gasteiger partial charge is 0.573 e. The van der Waals surface area contributed by atoms with Gasteiger partial charge in [-0.3, -0.25) is 18.6 Å². The quantitative estimate of drug-likeness (QED) is 0.392. The molecule has 0 saturated heterocycles. The van der Waals surface area contributed by atoms with Crippen LogP contribution in [0.25, 0.3) is 22.6 Å². The molecule has 36 heavy (non-hydrogen) atoms. The van der Waals surface area contributed by atoms with Crippen LogP contribution in [0.15, 0.2) is 46.2 Å². The highest BCUT2D eigenvalue weighted by atomic mass is 19.4. The fraction of sp³-hybridized carbons (Fsp3) is 0.333. The van der Waals surface area contributed by atoms with Crippen LogP contribution in [-0.4, -0.2) is 35.2 Å². The van der Waals surface area contributed by atoms with Gasteiger partial charge in [-0.15, -0.1) is 13.2 Å². The molecule has 4 aromatic rings. The van der Waals surface area contributed by atoms with Crippen LogP contribution in [0.5, 0.6) is 5.75 Å². The average molecular weight is 500 g/mol. The van der Waals surface area contributed by atoms with Gasteiger partial charge in [-0.05, 0) is 37.1 Å². The van der Waals surface area contributed by atoms with Crippen LogP contribution in [0.3, 0.4) is 0 Å². The van der Waals surface area contributed by atoms with Crippen molar-refractivity contribution in [3.63, 3.8) is 0 Å². The summed E-state index contributed by atoms with van der Waals surface area (Å²) in [7, 11) is 0. The molecule has 12 heteroatoms. The Balaban J connectivity index is 1.56. The van der Waals surface area contributed by atoms with E-state index in [2.05, 4.69) is 31.6 Å². The summed E-state index contributed by atoms with van der Waals surface area (Å²) in [5, 5.41) is 4.25. The van der Waals surface area contributed by atoms with Gasteiger partial charge >= 0.3 is 12.1 Å². The van der Waals surface area contributed by atoms with E-state index in [1.165, 1.54) is 33.4 Å². The molecule has 0 aliphatic heterocycles. The van der Waals surface area contributed by atoms with Gasteiger partial charge in [0.05, 0.1) is 11.8 Å². The number of hydrogen-bond acceptors (Lipinski definition) is 5. The molecule has 0 amide bonds. The second-order valence-corrected chi connectivity index (χ2v) is 7.98. The van der Waals surface area contributed by atoms with Crippen molar-refractivity contribution in [1.29, 1.82) is 0 Å². The van der Waals surface area contributed by atoms with Gasteiger partial charge in [0.25, 0.3) is 5.56 Å². The third-order valence-corrected chi connectivity index (χ3v) is 5.22. The highest BCUT2D eigenvalue weighted by Gasteiger charge is 2.30. The van der Waals surface area contributed by atoms with E-state index in [1.807, 2.05) is 13.8 Å². The molecule has 0 saturated carbocycles. The summed E-state index contributed by atoms with van der Waals surface area (Å²) in [5.74, 6) is 5.84. The maximum absolute atomic E-state index is 12.9. The first-order valence-electron chi connectivity index (χ1n) is 11.3. The van der Waals surface area contributed by atoms with Crippen molar-refractivity contribution in [2.75, 3.05) is 0 Å². The molecule has 0 aliphatic rings. The third-order valence-electron chi connectivity index (χ3n) is 5.22. The number of rotatable bonds is 7. The molecular weight excluding hydrogens is 477 g/mol. The number of imidazole rings is 1. The van der Waals surface area contributed by atoms with Gasteiger partial charge in [-0.2, -0.15) is 5.10 Å². The van der Waals surface area contributed by atoms with Crippen LogP contribution in [-0.2, 0) is 19.6 Å². The van der Waals surface area contributed by atoms with Crippen LogP contribution < -0.4 is 16.0 Å². The lowest BCUT2D eigenvalue weighted by Crippen LogP contribution is -2.40. The lowest BCUT2D eigenvalue weighted by molar-refractivity contribution is -0.274. The second kappa shape index (κ2) is 10.2. The number of aromatic amines is 1. The summed E-state index contributed by atoms with van der Waals surface area (Å²) in [6, 6.07) is 5.24. The van der Waals surface area contributed by atoms with Gasteiger partial charge in [0.2, 0.25) is 0 Å². The molecule has 0 unspecified atom stereocenters. The number of ether oxygens (including phenoxy) is 1. The van der Waals surface area contributed by atoms with E-state index in [4.69, 9.17) is 0 Å². The molecule has 4 rings (SSSR count). The number of aryl methyl sites for hydroxylation is 1. The van der Waals surface area contributed by atoms with Gasteiger partial charge in [-0.25, -0.2) is 9.78 Å². The smallest absolute Gasteiger partial charge is 0.406 e.